The molecule has 3 atom stereocenters. The molecule has 0 amide bonds. The summed E-state index contributed by atoms with van der Waals surface area (Å²) in [5.74, 6) is 0.661. The predicted molar refractivity (Wildman–Crippen MR) is 113 cm³/mol. The number of rotatable bonds is 5. The molecule has 2 aliphatic heterocycles. The molecule has 0 radical (unpaired) electrons. The smallest absolute Gasteiger partial charge is 0.317 e. The van der Waals surface area contributed by atoms with Crippen molar-refractivity contribution in [3.05, 3.63) is 59.7 Å². The quantitative estimate of drug-likeness (QED) is 0.596. The minimum absolute atomic E-state index is 0.302. The van der Waals surface area contributed by atoms with Crippen LogP contribution in [0.2, 0.25) is 0 Å². The van der Waals surface area contributed by atoms with Gasteiger partial charge in [-0.3, -0.25) is 4.79 Å². The zero-order valence-electron chi connectivity index (χ0n) is 16.7. The summed E-state index contributed by atoms with van der Waals surface area (Å²) >= 11 is 5.69. The van der Waals surface area contributed by atoms with Crippen LogP contribution < -0.4 is 14.8 Å². The Hall–Kier alpha value is -2.80. The van der Waals surface area contributed by atoms with Gasteiger partial charge in [0.25, 0.3) is 0 Å². The van der Waals surface area contributed by atoms with Crippen molar-refractivity contribution in [3.63, 3.8) is 0 Å². The molecule has 1 N–H and O–H groups in total. The van der Waals surface area contributed by atoms with Gasteiger partial charge in [-0.1, -0.05) is 30.3 Å². The molecule has 6 nitrogen and oxygen atoms in total. The fourth-order valence-corrected chi connectivity index (χ4v) is 4.50. The number of para-hydroxylation sites is 1. The summed E-state index contributed by atoms with van der Waals surface area (Å²) < 4.78 is 17.1. The summed E-state index contributed by atoms with van der Waals surface area (Å²) in [5.41, 5.74) is 0.960. The molecule has 0 saturated carbocycles. The van der Waals surface area contributed by atoms with Crippen LogP contribution in [-0.4, -0.2) is 35.4 Å². The third-order valence-electron chi connectivity index (χ3n) is 5.58. The molecule has 2 bridgehead atoms. The number of methoxy groups -OCH3 is 1. The molecule has 1 fully saturated rings. The number of nitrogens with zero attached hydrogens (tertiary/aromatic N) is 1. The van der Waals surface area contributed by atoms with E-state index in [0.29, 0.717) is 18.3 Å². The maximum absolute atomic E-state index is 13.0. The standard InChI is InChI=1S/C22H24N2O4S/c1-4-27-20(25)18-19-16-7-5-6-8-17(16)28-22(18,2)24(21(29)23-19)13-14-9-11-15(26-3)12-10-14/h5-12,18-19H,4,13H2,1-3H3,(H,23,29)/t18-,19+,22+/m1/s1. The van der Waals surface area contributed by atoms with Gasteiger partial charge in [-0.25, -0.2) is 0 Å². The first-order chi connectivity index (χ1) is 14.0. The molecule has 1 saturated heterocycles. The SMILES string of the molecule is CCOC(=O)[C@H]1[C@H]2NC(=S)N(Cc3ccc(OC)cc3)[C@@]1(C)Oc1ccccc12. The number of carbonyl (C=O) groups is 1. The van der Waals surface area contributed by atoms with E-state index in [0.717, 1.165) is 22.6 Å². The number of fused-ring (bicyclic) bond motifs is 4. The molecule has 7 heteroatoms. The zero-order chi connectivity index (χ0) is 20.6. The minimum atomic E-state index is -0.979. The highest BCUT2D eigenvalue weighted by Crippen LogP contribution is 2.48. The van der Waals surface area contributed by atoms with E-state index < -0.39 is 11.6 Å². The Balaban J connectivity index is 1.75. The summed E-state index contributed by atoms with van der Waals surface area (Å²) in [6.07, 6.45) is 0. The maximum Gasteiger partial charge on any atom is 0.317 e. The van der Waals surface area contributed by atoms with Gasteiger partial charge in [0.1, 0.15) is 17.4 Å². The van der Waals surface area contributed by atoms with Gasteiger partial charge in [-0.2, -0.15) is 0 Å². The van der Waals surface area contributed by atoms with Gasteiger partial charge in [0, 0.05) is 12.1 Å². The normalized spacial score (nSPS) is 24.8. The van der Waals surface area contributed by atoms with Crippen molar-refractivity contribution in [2.24, 2.45) is 5.92 Å². The molecule has 0 spiro atoms. The van der Waals surface area contributed by atoms with E-state index >= 15 is 0 Å². The second-order valence-electron chi connectivity index (χ2n) is 7.29. The van der Waals surface area contributed by atoms with E-state index in [-0.39, 0.29) is 12.0 Å². The summed E-state index contributed by atoms with van der Waals surface area (Å²) in [4.78, 5) is 14.9. The fraction of sp³-hybridized carbons (Fsp3) is 0.364. The van der Waals surface area contributed by atoms with E-state index in [2.05, 4.69) is 5.32 Å². The van der Waals surface area contributed by atoms with Crippen LogP contribution in [0.3, 0.4) is 0 Å². The first kappa shape index (κ1) is 19.5. The third kappa shape index (κ3) is 3.29. The van der Waals surface area contributed by atoms with Gasteiger partial charge >= 0.3 is 5.97 Å². The average Bonchev–Trinajstić information content (AvgIpc) is 2.71. The third-order valence-corrected chi connectivity index (χ3v) is 5.92. The highest BCUT2D eigenvalue weighted by atomic mass is 32.1. The van der Waals surface area contributed by atoms with E-state index in [9.17, 15) is 4.79 Å². The molecule has 2 aliphatic rings. The minimum Gasteiger partial charge on any atom is -0.497 e. The number of benzene rings is 2. The van der Waals surface area contributed by atoms with Crippen molar-refractivity contribution in [2.45, 2.75) is 32.2 Å². The van der Waals surface area contributed by atoms with Crippen LogP contribution in [0, 0.1) is 5.92 Å². The Bertz CT molecular complexity index is 933. The van der Waals surface area contributed by atoms with Crippen LogP contribution in [0.4, 0.5) is 0 Å². The topological polar surface area (TPSA) is 60.0 Å². The number of thiocarbonyl (C=S) groups is 1. The van der Waals surface area contributed by atoms with Crippen molar-refractivity contribution in [2.75, 3.05) is 13.7 Å². The second kappa shape index (κ2) is 7.55. The van der Waals surface area contributed by atoms with E-state index in [1.165, 1.54) is 0 Å². The molecule has 2 aromatic carbocycles. The van der Waals surface area contributed by atoms with Gasteiger partial charge in [0.2, 0.25) is 0 Å². The monoisotopic (exact) mass is 412 g/mol. The Morgan fingerprint density at radius 1 is 1.24 bits per heavy atom. The molecule has 2 heterocycles. The van der Waals surface area contributed by atoms with Crippen LogP contribution in [0.25, 0.3) is 0 Å². The van der Waals surface area contributed by atoms with Crippen molar-refractivity contribution < 1.29 is 19.0 Å². The molecule has 0 aliphatic carbocycles. The summed E-state index contributed by atoms with van der Waals surface area (Å²) in [6, 6.07) is 15.2. The van der Waals surface area contributed by atoms with Crippen molar-refractivity contribution in [3.8, 4) is 11.5 Å². The number of esters is 1. The fourth-order valence-electron chi connectivity index (χ4n) is 4.13. The number of nitrogens with one attached hydrogen (secondary N) is 1. The lowest BCUT2D eigenvalue weighted by molar-refractivity contribution is -0.176. The number of carbonyl (C=O) groups excluding carboxylic acids is 1. The predicted octanol–water partition coefficient (Wildman–Crippen LogP) is 3.41. The van der Waals surface area contributed by atoms with Gasteiger partial charge in [-0.15, -0.1) is 0 Å². The highest BCUT2D eigenvalue weighted by molar-refractivity contribution is 7.80. The van der Waals surface area contributed by atoms with Crippen LogP contribution in [0.1, 0.15) is 31.0 Å². The summed E-state index contributed by atoms with van der Waals surface area (Å²) in [6.45, 7) is 4.51. The molecule has 152 valence electrons. The Morgan fingerprint density at radius 3 is 2.66 bits per heavy atom. The molecule has 0 aromatic heterocycles. The Labute approximate surface area is 175 Å². The lowest BCUT2D eigenvalue weighted by atomic mass is 9.79. The average molecular weight is 413 g/mol. The van der Waals surface area contributed by atoms with E-state index in [1.807, 2.05) is 60.4 Å². The van der Waals surface area contributed by atoms with Gasteiger partial charge in [-0.05, 0) is 49.8 Å². The van der Waals surface area contributed by atoms with E-state index in [1.54, 1.807) is 14.0 Å². The highest BCUT2D eigenvalue weighted by Gasteiger charge is 2.59. The van der Waals surface area contributed by atoms with Crippen LogP contribution >= 0.6 is 12.2 Å². The number of ether oxygens (including phenoxy) is 3. The van der Waals surface area contributed by atoms with E-state index in [4.69, 9.17) is 26.4 Å². The molecular formula is C22H24N2O4S. The van der Waals surface area contributed by atoms with Crippen molar-refractivity contribution >= 4 is 23.3 Å². The molecular weight excluding hydrogens is 388 g/mol. The Morgan fingerprint density at radius 2 is 1.97 bits per heavy atom. The second-order valence-corrected chi connectivity index (χ2v) is 7.67. The van der Waals surface area contributed by atoms with Crippen LogP contribution in [0.15, 0.2) is 48.5 Å². The molecule has 29 heavy (non-hydrogen) atoms. The lowest BCUT2D eigenvalue weighted by Crippen LogP contribution is -2.70. The first-order valence-electron chi connectivity index (χ1n) is 9.63. The van der Waals surface area contributed by atoms with Gasteiger partial charge < -0.3 is 24.4 Å². The maximum atomic E-state index is 13.0. The molecule has 0 unspecified atom stereocenters. The number of hydrogen-bond donors (Lipinski definition) is 1. The summed E-state index contributed by atoms with van der Waals surface area (Å²) in [7, 11) is 1.64. The largest absolute Gasteiger partial charge is 0.497 e. The Kier molecular flexibility index (Phi) is 5.08. The van der Waals surface area contributed by atoms with Crippen molar-refractivity contribution in [1.29, 1.82) is 0 Å². The van der Waals surface area contributed by atoms with Crippen molar-refractivity contribution in [1.82, 2.24) is 10.2 Å². The van der Waals surface area contributed by atoms with Gasteiger partial charge in [0.05, 0.1) is 19.8 Å². The zero-order valence-corrected chi connectivity index (χ0v) is 17.5. The van der Waals surface area contributed by atoms with Crippen LogP contribution in [0.5, 0.6) is 11.5 Å². The number of hydrogen-bond acceptors (Lipinski definition) is 5. The van der Waals surface area contributed by atoms with Gasteiger partial charge in [0.15, 0.2) is 10.8 Å². The summed E-state index contributed by atoms with van der Waals surface area (Å²) in [5, 5.41) is 3.91. The van der Waals surface area contributed by atoms with Crippen LogP contribution in [-0.2, 0) is 16.1 Å². The molecule has 4 rings (SSSR count). The first-order valence-corrected chi connectivity index (χ1v) is 10.0. The molecule has 2 aromatic rings. The lowest BCUT2D eigenvalue weighted by Gasteiger charge is -2.55.